The predicted molar refractivity (Wildman–Crippen MR) is 107 cm³/mol. The van der Waals surface area contributed by atoms with Gasteiger partial charge in [0.05, 0.1) is 17.5 Å². The fourth-order valence-corrected chi connectivity index (χ4v) is 3.42. The molecule has 0 aliphatic carbocycles. The highest BCUT2D eigenvalue weighted by Gasteiger charge is 2.23. The summed E-state index contributed by atoms with van der Waals surface area (Å²) in [5.74, 6) is -0.489. The monoisotopic (exact) mass is 385 g/mol. The second-order valence-electron chi connectivity index (χ2n) is 7.27. The molecule has 0 unspecified atom stereocenters. The number of nitrogens with one attached hydrogen (secondary N) is 1. The third kappa shape index (κ3) is 5.31. The maximum atomic E-state index is 12.4. The van der Waals surface area contributed by atoms with Gasteiger partial charge in [-0.1, -0.05) is 45.0 Å². The lowest BCUT2D eigenvalue weighted by molar-refractivity contribution is -0.114. The number of anilines is 2. The largest absolute Gasteiger partial charge is 0.325 e. The average Bonchev–Trinajstić information content (AvgIpc) is 2.58. The Balaban J connectivity index is 2.21. The molecule has 1 N–H and O–H groups in total. The summed E-state index contributed by atoms with van der Waals surface area (Å²) < 4.78 is 25.3. The van der Waals surface area contributed by atoms with Crippen molar-refractivity contribution in [2.75, 3.05) is 22.4 Å². The highest BCUT2D eigenvalue weighted by molar-refractivity contribution is 7.92. The normalized spacial score (nSPS) is 11.5. The van der Waals surface area contributed by atoms with Gasteiger partial charge in [0.2, 0.25) is 15.9 Å². The molecule has 0 heterocycles. The first kappa shape index (κ1) is 20.5. The van der Waals surface area contributed by atoms with Crippen molar-refractivity contribution in [1.82, 2.24) is 0 Å². The number of nitrogens with zero attached hydrogens (tertiary/aromatic N) is 2. The molecule has 0 bridgehead atoms. The van der Waals surface area contributed by atoms with Crippen LogP contribution in [0.25, 0.3) is 0 Å². The first-order chi connectivity index (χ1) is 12.5. The molecule has 0 saturated carbocycles. The summed E-state index contributed by atoms with van der Waals surface area (Å²) in [6, 6.07) is 15.6. The molecule has 2 aromatic carbocycles. The smallest absolute Gasteiger partial charge is 0.245 e. The Labute approximate surface area is 160 Å². The van der Waals surface area contributed by atoms with Crippen molar-refractivity contribution >= 4 is 27.3 Å². The standard InChI is InChI=1S/C20H23N3O3S/c1-20(2,3)16-9-11-17(12-10-16)22-19(24)14-23(27(4,25)26)18-8-6-5-7-15(18)13-21/h5-12H,14H2,1-4H3,(H,22,24). The molecule has 6 nitrogen and oxygen atoms in total. The van der Waals surface area contributed by atoms with E-state index >= 15 is 0 Å². The van der Waals surface area contributed by atoms with Gasteiger partial charge < -0.3 is 5.32 Å². The Hall–Kier alpha value is -2.85. The number of carbonyl (C=O) groups excluding carboxylic acids is 1. The van der Waals surface area contributed by atoms with E-state index in [1.807, 2.05) is 18.2 Å². The minimum atomic E-state index is -3.74. The molecule has 0 spiro atoms. The first-order valence-corrected chi connectivity index (χ1v) is 10.2. The van der Waals surface area contributed by atoms with Gasteiger partial charge in [-0.15, -0.1) is 0 Å². The van der Waals surface area contributed by atoms with E-state index in [0.29, 0.717) is 5.69 Å². The number of hydrogen-bond acceptors (Lipinski definition) is 4. The highest BCUT2D eigenvalue weighted by Crippen LogP contribution is 2.24. The molecule has 0 radical (unpaired) electrons. The van der Waals surface area contributed by atoms with Crippen molar-refractivity contribution in [2.24, 2.45) is 0 Å². The number of hydrogen-bond donors (Lipinski definition) is 1. The van der Waals surface area contributed by atoms with Crippen LogP contribution in [-0.2, 0) is 20.2 Å². The van der Waals surface area contributed by atoms with Gasteiger partial charge in [-0.25, -0.2) is 8.42 Å². The molecule has 0 aromatic heterocycles. The Morgan fingerprint density at radius 1 is 1.11 bits per heavy atom. The summed E-state index contributed by atoms with van der Waals surface area (Å²) in [5, 5.41) is 11.9. The van der Waals surface area contributed by atoms with E-state index in [4.69, 9.17) is 0 Å². The number of sulfonamides is 1. The molecule has 0 aliphatic rings. The predicted octanol–water partition coefficient (Wildman–Crippen LogP) is 3.26. The van der Waals surface area contributed by atoms with Crippen molar-refractivity contribution in [3.63, 3.8) is 0 Å². The summed E-state index contributed by atoms with van der Waals surface area (Å²) in [6.45, 7) is 5.87. The highest BCUT2D eigenvalue weighted by atomic mass is 32.2. The Morgan fingerprint density at radius 3 is 2.22 bits per heavy atom. The zero-order valence-electron chi connectivity index (χ0n) is 15.9. The molecule has 0 saturated heterocycles. The van der Waals surface area contributed by atoms with Gasteiger partial charge in [0.1, 0.15) is 12.6 Å². The van der Waals surface area contributed by atoms with Crippen molar-refractivity contribution in [1.29, 1.82) is 5.26 Å². The van der Waals surface area contributed by atoms with Crippen LogP contribution in [0.1, 0.15) is 31.9 Å². The summed E-state index contributed by atoms with van der Waals surface area (Å²) in [5.41, 5.74) is 2.07. The summed E-state index contributed by atoms with van der Waals surface area (Å²) in [6.07, 6.45) is 1.01. The lowest BCUT2D eigenvalue weighted by Crippen LogP contribution is -2.37. The molecule has 0 atom stereocenters. The zero-order chi connectivity index (χ0) is 20.2. The van der Waals surface area contributed by atoms with Crippen LogP contribution in [0.3, 0.4) is 0 Å². The van der Waals surface area contributed by atoms with Crippen molar-refractivity contribution in [3.8, 4) is 6.07 Å². The minimum absolute atomic E-state index is 0.00334. The lowest BCUT2D eigenvalue weighted by Gasteiger charge is -2.23. The first-order valence-electron chi connectivity index (χ1n) is 8.39. The molecule has 1 amide bonds. The van der Waals surface area contributed by atoms with E-state index in [-0.39, 0.29) is 16.7 Å². The lowest BCUT2D eigenvalue weighted by atomic mass is 9.87. The van der Waals surface area contributed by atoms with Gasteiger partial charge in [-0.2, -0.15) is 5.26 Å². The van der Waals surface area contributed by atoms with Gasteiger partial charge in [-0.05, 0) is 35.2 Å². The molecule has 0 aliphatic heterocycles. The van der Waals surface area contributed by atoms with E-state index in [1.54, 1.807) is 24.3 Å². The Morgan fingerprint density at radius 2 is 1.70 bits per heavy atom. The van der Waals surface area contributed by atoms with E-state index in [0.717, 1.165) is 16.1 Å². The number of rotatable bonds is 5. The van der Waals surface area contributed by atoms with Gasteiger partial charge in [0.25, 0.3) is 0 Å². The van der Waals surface area contributed by atoms with E-state index in [2.05, 4.69) is 26.1 Å². The molecule has 2 rings (SSSR count). The van der Waals surface area contributed by atoms with Crippen molar-refractivity contribution < 1.29 is 13.2 Å². The average molecular weight is 385 g/mol. The SMILES string of the molecule is CC(C)(C)c1ccc(NC(=O)CN(c2ccccc2C#N)S(C)(=O)=O)cc1. The van der Waals surface area contributed by atoms with Gasteiger partial charge in [0, 0.05) is 5.69 Å². The molecule has 2 aromatic rings. The maximum absolute atomic E-state index is 12.4. The van der Waals surface area contributed by atoms with Crippen LogP contribution < -0.4 is 9.62 Å². The van der Waals surface area contributed by atoms with Gasteiger partial charge in [0.15, 0.2) is 0 Å². The number of amides is 1. The summed E-state index contributed by atoms with van der Waals surface area (Å²) in [4.78, 5) is 12.4. The Kier molecular flexibility index (Phi) is 5.91. The van der Waals surface area contributed by atoms with Crippen LogP contribution in [0.15, 0.2) is 48.5 Å². The molecular weight excluding hydrogens is 362 g/mol. The Bertz CT molecular complexity index is 969. The van der Waals surface area contributed by atoms with Crippen LogP contribution in [0, 0.1) is 11.3 Å². The second kappa shape index (κ2) is 7.80. The van der Waals surface area contributed by atoms with Crippen LogP contribution >= 0.6 is 0 Å². The van der Waals surface area contributed by atoms with Crippen molar-refractivity contribution in [3.05, 3.63) is 59.7 Å². The van der Waals surface area contributed by atoms with Crippen LogP contribution in [-0.4, -0.2) is 27.1 Å². The molecule has 27 heavy (non-hydrogen) atoms. The van der Waals surface area contributed by atoms with Gasteiger partial charge in [-0.3, -0.25) is 9.10 Å². The van der Waals surface area contributed by atoms with Gasteiger partial charge >= 0.3 is 0 Å². The van der Waals surface area contributed by atoms with E-state index < -0.39 is 22.5 Å². The molecule has 7 heteroatoms. The van der Waals surface area contributed by atoms with Crippen LogP contribution in [0.4, 0.5) is 11.4 Å². The van der Waals surface area contributed by atoms with Crippen molar-refractivity contribution in [2.45, 2.75) is 26.2 Å². The number of benzene rings is 2. The fraction of sp³-hybridized carbons (Fsp3) is 0.300. The second-order valence-corrected chi connectivity index (χ2v) is 9.18. The van der Waals surface area contributed by atoms with Crippen LogP contribution in [0.5, 0.6) is 0 Å². The minimum Gasteiger partial charge on any atom is -0.325 e. The third-order valence-corrected chi connectivity index (χ3v) is 5.14. The fourth-order valence-electron chi connectivity index (χ4n) is 2.55. The third-order valence-electron chi connectivity index (χ3n) is 4.02. The summed E-state index contributed by atoms with van der Waals surface area (Å²) >= 11 is 0. The number of nitriles is 1. The van der Waals surface area contributed by atoms with Crippen LogP contribution in [0.2, 0.25) is 0 Å². The topological polar surface area (TPSA) is 90.3 Å². The zero-order valence-corrected chi connectivity index (χ0v) is 16.7. The maximum Gasteiger partial charge on any atom is 0.245 e. The molecule has 0 fully saturated rings. The molecule has 142 valence electrons. The number of carbonyl (C=O) groups is 1. The quantitative estimate of drug-likeness (QED) is 0.855. The van der Waals surface area contributed by atoms with E-state index in [1.165, 1.54) is 12.1 Å². The molecular formula is C20H23N3O3S. The number of para-hydroxylation sites is 1. The van der Waals surface area contributed by atoms with E-state index in [9.17, 15) is 18.5 Å². The summed E-state index contributed by atoms with van der Waals surface area (Å²) in [7, 11) is -3.74.